The molecule has 0 saturated heterocycles. The summed E-state index contributed by atoms with van der Waals surface area (Å²) in [5.41, 5.74) is -1.09. The van der Waals surface area contributed by atoms with Gasteiger partial charge >= 0.3 is 11.9 Å². The number of hydrogen-bond donors (Lipinski definition) is 3. The SMILES string of the molecule is CCCCCC(CCCCC)CC(=O)O.CCCCCC(CCCCC)CC(=O)OCC(CO)(CO)CO[Si](c1ccccc1)(c1ccccc1)C(C)(C)C. The molecule has 7 nitrogen and oxygen atoms in total. The molecule has 0 saturated carbocycles. The van der Waals surface area contributed by atoms with E-state index in [0.717, 1.165) is 61.7 Å². The molecule has 0 radical (unpaired) electrons. The van der Waals surface area contributed by atoms with Crippen LogP contribution in [0.1, 0.15) is 164 Å². The molecule has 0 amide bonds. The number of hydrogen-bond acceptors (Lipinski definition) is 6. The minimum absolute atomic E-state index is 0.0757. The molecule has 0 aliphatic heterocycles. The van der Waals surface area contributed by atoms with Gasteiger partial charge in [-0.25, -0.2) is 0 Å². The highest BCUT2D eigenvalue weighted by Crippen LogP contribution is 2.38. The third-order valence-corrected chi connectivity index (χ3v) is 16.0. The van der Waals surface area contributed by atoms with Crippen molar-refractivity contribution < 1.29 is 34.1 Å². The van der Waals surface area contributed by atoms with Gasteiger partial charge in [0.25, 0.3) is 8.32 Å². The van der Waals surface area contributed by atoms with Crippen LogP contribution in [0.3, 0.4) is 0 Å². The Hall–Kier alpha value is -2.52. The maximum Gasteiger partial charge on any atom is 0.306 e. The molecule has 0 atom stereocenters. The molecule has 3 N–H and O–H groups in total. The Morgan fingerprint density at radius 3 is 1.31 bits per heavy atom. The summed E-state index contributed by atoms with van der Waals surface area (Å²) < 4.78 is 12.8. The Labute approximate surface area is 337 Å². The van der Waals surface area contributed by atoms with Gasteiger partial charge in [0.15, 0.2) is 0 Å². The Bertz CT molecular complexity index is 1180. The topological polar surface area (TPSA) is 113 Å². The number of carbonyl (C=O) groups excluding carboxylic acids is 1. The smallest absolute Gasteiger partial charge is 0.306 e. The van der Waals surface area contributed by atoms with E-state index in [2.05, 4.69) is 72.7 Å². The molecule has 0 bridgehead atoms. The van der Waals surface area contributed by atoms with Gasteiger partial charge in [-0.15, -0.1) is 0 Å². The first kappa shape index (κ1) is 50.5. The minimum atomic E-state index is -2.87. The first-order valence-electron chi connectivity index (χ1n) is 21.7. The van der Waals surface area contributed by atoms with E-state index in [0.29, 0.717) is 24.7 Å². The summed E-state index contributed by atoms with van der Waals surface area (Å²) in [6, 6.07) is 20.6. The van der Waals surface area contributed by atoms with Gasteiger partial charge < -0.3 is 24.5 Å². The zero-order valence-corrected chi connectivity index (χ0v) is 37.0. The molecule has 0 aliphatic carbocycles. The average molecular weight is 785 g/mol. The molecule has 0 unspecified atom stereocenters. The number of carboxylic acid groups (broad SMARTS) is 1. The molecule has 2 aromatic carbocycles. The van der Waals surface area contributed by atoms with Gasteiger partial charge in [-0.3, -0.25) is 9.59 Å². The van der Waals surface area contributed by atoms with Gasteiger partial charge in [0, 0.05) is 19.4 Å². The van der Waals surface area contributed by atoms with Crippen LogP contribution in [0.2, 0.25) is 5.04 Å². The van der Waals surface area contributed by atoms with Gasteiger partial charge in [-0.05, 0) is 52.9 Å². The Morgan fingerprint density at radius 2 is 0.982 bits per heavy atom. The fourth-order valence-corrected chi connectivity index (χ4v) is 12.2. The maximum absolute atomic E-state index is 13.0. The predicted octanol–water partition coefficient (Wildman–Crippen LogP) is 10.5. The lowest BCUT2D eigenvalue weighted by molar-refractivity contribution is -0.152. The van der Waals surface area contributed by atoms with Crippen molar-refractivity contribution >= 4 is 30.6 Å². The van der Waals surface area contributed by atoms with E-state index in [9.17, 15) is 19.8 Å². The number of aliphatic carboxylic acids is 1. The summed E-state index contributed by atoms with van der Waals surface area (Å²) in [4.78, 5) is 23.7. The summed E-state index contributed by atoms with van der Waals surface area (Å²) in [6.45, 7) is 14.6. The summed E-state index contributed by atoms with van der Waals surface area (Å²) in [7, 11) is -2.87. The van der Waals surface area contributed by atoms with Crippen LogP contribution in [0.25, 0.3) is 0 Å². The number of rotatable bonds is 29. The highest BCUT2D eigenvalue weighted by Gasteiger charge is 2.51. The zero-order valence-electron chi connectivity index (χ0n) is 36.0. The third kappa shape index (κ3) is 19.0. The average Bonchev–Trinajstić information content (AvgIpc) is 3.17. The normalized spacial score (nSPS) is 12.1. The van der Waals surface area contributed by atoms with Crippen molar-refractivity contribution in [3.63, 3.8) is 0 Å². The number of aliphatic hydroxyl groups is 2. The number of carbonyl (C=O) groups is 2. The van der Waals surface area contributed by atoms with Gasteiger partial charge in [-0.1, -0.05) is 186 Å². The number of carboxylic acids is 1. The molecule has 0 heterocycles. The van der Waals surface area contributed by atoms with Crippen LogP contribution in [0.15, 0.2) is 60.7 Å². The van der Waals surface area contributed by atoms with E-state index in [1.54, 1.807) is 0 Å². The highest BCUT2D eigenvalue weighted by molar-refractivity contribution is 6.99. The molecule has 8 heteroatoms. The lowest BCUT2D eigenvalue weighted by Crippen LogP contribution is -2.67. The van der Waals surface area contributed by atoms with Crippen molar-refractivity contribution in [2.45, 2.75) is 169 Å². The van der Waals surface area contributed by atoms with Crippen molar-refractivity contribution in [1.29, 1.82) is 0 Å². The van der Waals surface area contributed by atoms with Gasteiger partial charge in [-0.2, -0.15) is 0 Å². The van der Waals surface area contributed by atoms with Gasteiger partial charge in [0.05, 0.1) is 18.6 Å². The number of aliphatic hydroxyl groups excluding tert-OH is 2. The summed E-state index contributed by atoms with van der Waals surface area (Å²) in [5, 5.41) is 31.8. The number of unbranched alkanes of at least 4 members (excludes halogenated alkanes) is 8. The monoisotopic (exact) mass is 785 g/mol. The molecule has 55 heavy (non-hydrogen) atoms. The Morgan fingerprint density at radius 1 is 0.600 bits per heavy atom. The molecular weight excluding hydrogens is 705 g/mol. The summed E-state index contributed by atoms with van der Waals surface area (Å²) in [6.07, 6.45) is 19.3. The first-order valence-corrected chi connectivity index (χ1v) is 23.6. The van der Waals surface area contributed by atoms with Crippen molar-refractivity contribution in [2.75, 3.05) is 26.4 Å². The quantitative estimate of drug-likeness (QED) is 0.0428. The number of esters is 1. The largest absolute Gasteiger partial charge is 0.481 e. The van der Waals surface area contributed by atoms with Crippen LogP contribution in [0, 0.1) is 17.3 Å². The van der Waals surface area contributed by atoms with E-state index in [1.807, 2.05) is 36.4 Å². The van der Waals surface area contributed by atoms with Crippen molar-refractivity contribution in [3.8, 4) is 0 Å². The molecule has 2 rings (SSSR count). The van der Waals surface area contributed by atoms with E-state index in [1.165, 1.54) is 51.4 Å². The van der Waals surface area contributed by atoms with Crippen molar-refractivity contribution in [1.82, 2.24) is 0 Å². The van der Waals surface area contributed by atoms with Crippen LogP contribution in [0.5, 0.6) is 0 Å². The fourth-order valence-electron chi connectivity index (χ4n) is 7.50. The maximum atomic E-state index is 13.0. The summed E-state index contributed by atoms with van der Waals surface area (Å²) >= 11 is 0. The molecule has 0 fully saturated rings. The Kier molecular flexibility index (Phi) is 26.4. The second kappa shape index (κ2) is 28.8. The van der Waals surface area contributed by atoms with E-state index in [-0.39, 0.29) is 37.4 Å². The van der Waals surface area contributed by atoms with Crippen LogP contribution in [-0.2, 0) is 18.8 Å². The van der Waals surface area contributed by atoms with E-state index >= 15 is 0 Å². The van der Waals surface area contributed by atoms with Crippen LogP contribution < -0.4 is 10.4 Å². The number of benzene rings is 2. The zero-order chi connectivity index (χ0) is 41.0. The van der Waals surface area contributed by atoms with Gasteiger partial charge in [0.2, 0.25) is 0 Å². The molecule has 0 aromatic heterocycles. The molecular formula is C47H80O7Si. The lowest BCUT2D eigenvalue weighted by Gasteiger charge is -2.45. The minimum Gasteiger partial charge on any atom is -0.481 e. The first-order chi connectivity index (χ1) is 26.4. The van der Waals surface area contributed by atoms with Crippen molar-refractivity contribution in [2.24, 2.45) is 17.3 Å². The van der Waals surface area contributed by atoms with Gasteiger partial charge in [0.1, 0.15) is 6.61 Å². The third-order valence-electron chi connectivity index (χ3n) is 11.0. The predicted molar refractivity (Wildman–Crippen MR) is 232 cm³/mol. The molecule has 2 aromatic rings. The second-order valence-corrected chi connectivity index (χ2v) is 21.3. The van der Waals surface area contributed by atoms with E-state index in [4.69, 9.17) is 14.3 Å². The lowest BCUT2D eigenvalue weighted by atomic mass is 9.91. The second-order valence-electron chi connectivity index (χ2n) is 16.9. The van der Waals surface area contributed by atoms with Crippen LogP contribution in [-0.4, -0.2) is 62.0 Å². The summed E-state index contributed by atoms with van der Waals surface area (Å²) in [5.74, 6) is -0.153. The van der Waals surface area contributed by atoms with Crippen LogP contribution in [0.4, 0.5) is 0 Å². The fraction of sp³-hybridized carbons (Fsp3) is 0.702. The Balaban J connectivity index is 0.000000848. The van der Waals surface area contributed by atoms with E-state index < -0.39 is 19.7 Å². The number of ether oxygens (including phenoxy) is 1. The standard InChI is InChI=1S/C34H54O5Si.C13H26O2/c1-6-8-12-18-29(19-13-9-7-2)24-32(37)38-27-34(25-35,26-36)28-39-40(33(3,4)5,30-20-14-10-15-21-30)31-22-16-11-17-23-31;1-3-5-7-9-12(11-13(14)15)10-8-6-4-2/h10-11,14-17,20-23,29,35-36H,6-9,12-13,18-19,24-28H2,1-5H3;12H,3-11H2,1-2H3,(H,14,15). The molecule has 0 aliphatic rings. The molecule has 0 spiro atoms. The molecule has 314 valence electrons. The highest BCUT2D eigenvalue weighted by atomic mass is 28.4. The van der Waals surface area contributed by atoms with Crippen LogP contribution >= 0.6 is 0 Å². The van der Waals surface area contributed by atoms with Crippen molar-refractivity contribution in [3.05, 3.63) is 60.7 Å².